The first-order chi connectivity index (χ1) is 14.1. The molecule has 29 heavy (non-hydrogen) atoms. The molecular formula is C20H20N8O. The average Bonchev–Trinajstić information content (AvgIpc) is 3.47. The molecule has 0 N–H and O–H groups in total. The summed E-state index contributed by atoms with van der Waals surface area (Å²) in [6.45, 7) is 1.09. The number of aryl methyl sites for hydroxylation is 2. The fourth-order valence-corrected chi connectivity index (χ4v) is 3.83. The van der Waals surface area contributed by atoms with Crippen LogP contribution >= 0.6 is 0 Å². The molecule has 3 aromatic heterocycles. The van der Waals surface area contributed by atoms with Crippen molar-refractivity contribution in [2.75, 3.05) is 6.54 Å². The maximum Gasteiger partial charge on any atom is 0.290 e. The monoisotopic (exact) mass is 388 g/mol. The largest absolute Gasteiger partial charge is 0.331 e. The van der Waals surface area contributed by atoms with Crippen LogP contribution < -0.4 is 0 Å². The molecule has 0 bridgehead atoms. The fourth-order valence-electron chi connectivity index (χ4n) is 3.83. The maximum atomic E-state index is 13.0. The zero-order chi connectivity index (χ0) is 20.0. The minimum absolute atomic E-state index is 0.0810. The first kappa shape index (κ1) is 17.4. The second-order valence-electron chi connectivity index (χ2n) is 7.10. The molecule has 1 amide bonds. The lowest BCUT2D eigenvalue weighted by atomic mass is 10.0. The molecule has 0 spiro atoms. The Morgan fingerprint density at radius 3 is 2.72 bits per heavy atom. The highest BCUT2D eigenvalue weighted by Crippen LogP contribution is 2.30. The van der Waals surface area contributed by atoms with E-state index in [1.165, 1.54) is 0 Å². The van der Waals surface area contributed by atoms with Crippen LogP contribution in [0.25, 0.3) is 17.2 Å². The lowest BCUT2D eigenvalue weighted by molar-refractivity contribution is 0.0717. The van der Waals surface area contributed by atoms with Gasteiger partial charge in [0.05, 0.1) is 6.54 Å². The van der Waals surface area contributed by atoms with E-state index in [0.717, 1.165) is 29.1 Å². The number of carbonyl (C=O) groups excluding carboxylic acids is 1. The number of fused-ring (bicyclic) bond motifs is 1. The normalized spacial score (nSPS) is 13.5. The van der Waals surface area contributed by atoms with Crippen LogP contribution in [0, 0.1) is 0 Å². The Balaban J connectivity index is 1.54. The molecule has 0 unspecified atom stereocenters. The van der Waals surface area contributed by atoms with Crippen LogP contribution in [0.3, 0.4) is 0 Å². The summed E-state index contributed by atoms with van der Waals surface area (Å²) in [7, 11) is 3.76. The predicted octanol–water partition coefficient (Wildman–Crippen LogP) is 1.60. The van der Waals surface area contributed by atoms with Crippen molar-refractivity contribution < 1.29 is 4.79 Å². The Bertz CT molecular complexity index is 1190. The van der Waals surface area contributed by atoms with Crippen LogP contribution in [-0.2, 0) is 27.1 Å². The molecule has 0 saturated heterocycles. The summed E-state index contributed by atoms with van der Waals surface area (Å²) in [5.41, 5.74) is 3.84. The average molecular weight is 388 g/mol. The first-order valence-electron chi connectivity index (χ1n) is 9.40. The number of amides is 1. The summed E-state index contributed by atoms with van der Waals surface area (Å²) in [4.78, 5) is 19.0. The number of aromatic nitrogens is 7. The highest BCUT2D eigenvalue weighted by molar-refractivity contribution is 5.91. The van der Waals surface area contributed by atoms with Gasteiger partial charge < -0.3 is 9.47 Å². The molecule has 0 atom stereocenters. The summed E-state index contributed by atoms with van der Waals surface area (Å²) in [6, 6.07) is 9.91. The minimum Gasteiger partial charge on any atom is -0.331 e. The van der Waals surface area contributed by atoms with Gasteiger partial charge >= 0.3 is 0 Å². The van der Waals surface area contributed by atoms with Crippen molar-refractivity contribution in [2.24, 2.45) is 14.1 Å². The van der Waals surface area contributed by atoms with E-state index in [0.29, 0.717) is 24.7 Å². The summed E-state index contributed by atoms with van der Waals surface area (Å²) >= 11 is 0. The Hall–Kier alpha value is -3.75. The number of nitrogens with zero attached hydrogens (tertiary/aromatic N) is 8. The van der Waals surface area contributed by atoms with Crippen molar-refractivity contribution in [3.8, 4) is 17.2 Å². The van der Waals surface area contributed by atoms with E-state index in [1.54, 1.807) is 23.3 Å². The molecule has 146 valence electrons. The lowest BCUT2D eigenvalue weighted by Gasteiger charge is -2.27. The van der Waals surface area contributed by atoms with Gasteiger partial charge in [0, 0.05) is 56.4 Å². The zero-order valence-corrected chi connectivity index (χ0v) is 16.2. The number of benzene rings is 1. The van der Waals surface area contributed by atoms with Crippen LogP contribution in [0.2, 0.25) is 0 Å². The molecule has 9 nitrogen and oxygen atoms in total. The summed E-state index contributed by atoms with van der Waals surface area (Å²) in [5.74, 6) is 1.02. The molecule has 1 aliphatic heterocycles. The van der Waals surface area contributed by atoms with Gasteiger partial charge in [0.2, 0.25) is 0 Å². The number of para-hydroxylation sites is 1. The molecule has 1 aromatic carbocycles. The molecule has 9 heteroatoms. The smallest absolute Gasteiger partial charge is 0.290 e. The van der Waals surface area contributed by atoms with E-state index >= 15 is 0 Å². The van der Waals surface area contributed by atoms with Gasteiger partial charge in [0.1, 0.15) is 12.0 Å². The summed E-state index contributed by atoms with van der Waals surface area (Å²) in [5, 5.41) is 13.2. The Labute approximate surface area is 167 Å². The van der Waals surface area contributed by atoms with E-state index < -0.39 is 0 Å². The van der Waals surface area contributed by atoms with E-state index in [-0.39, 0.29) is 5.91 Å². The highest BCUT2D eigenvalue weighted by Gasteiger charge is 2.30. The van der Waals surface area contributed by atoms with Gasteiger partial charge in [-0.15, -0.1) is 10.2 Å². The molecule has 5 rings (SSSR count). The number of rotatable bonds is 3. The van der Waals surface area contributed by atoms with Crippen LogP contribution in [0.1, 0.15) is 21.9 Å². The van der Waals surface area contributed by atoms with Gasteiger partial charge in [-0.3, -0.25) is 14.0 Å². The molecule has 0 radical (unpaired) electrons. The zero-order valence-electron chi connectivity index (χ0n) is 16.2. The van der Waals surface area contributed by atoms with Gasteiger partial charge in [-0.1, -0.05) is 18.2 Å². The molecule has 1 aliphatic rings. The van der Waals surface area contributed by atoms with Crippen molar-refractivity contribution >= 4 is 5.91 Å². The van der Waals surface area contributed by atoms with Gasteiger partial charge in [-0.25, -0.2) is 4.98 Å². The van der Waals surface area contributed by atoms with Gasteiger partial charge in [0.25, 0.3) is 5.91 Å². The van der Waals surface area contributed by atoms with E-state index in [9.17, 15) is 4.79 Å². The molecule has 0 aliphatic carbocycles. The fraction of sp³-hybridized carbons (Fsp3) is 0.250. The third-order valence-corrected chi connectivity index (χ3v) is 5.34. The topological polar surface area (TPSA) is 86.7 Å². The van der Waals surface area contributed by atoms with E-state index in [1.807, 2.05) is 58.6 Å². The van der Waals surface area contributed by atoms with Crippen molar-refractivity contribution in [1.82, 2.24) is 39.0 Å². The number of hydrogen-bond acceptors (Lipinski definition) is 5. The van der Waals surface area contributed by atoms with Crippen LogP contribution in [0.5, 0.6) is 0 Å². The van der Waals surface area contributed by atoms with Crippen LogP contribution in [0.15, 0.2) is 49.1 Å². The first-order valence-corrected chi connectivity index (χ1v) is 9.40. The highest BCUT2D eigenvalue weighted by atomic mass is 16.2. The van der Waals surface area contributed by atoms with E-state index in [2.05, 4.69) is 15.2 Å². The van der Waals surface area contributed by atoms with Gasteiger partial charge in [-0.05, 0) is 12.1 Å². The number of hydrogen-bond donors (Lipinski definition) is 0. The van der Waals surface area contributed by atoms with Crippen molar-refractivity contribution in [3.63, 3.8) is 0 Å². The van der Waals surface area contributed by atoms with Crippen molar-refractivity contribution in [2.45, 2.75) is 13.0 Å². The molecule has 0 fully saturated rings. The SMILES string of the molecule is Cn1ccnc1C(=O)N1CCc2c(c(-c3nncn3-c3ccccc3)nn2C)C1. The standard InChI is InChI=1S/C20H20N8O/c1-25-11-9-21-19(25)20(29)27-10-8-16-15(12-27)17(24-26(16)2)18-23-22-13-28(18)14-6-4-3-5-7-14/h3-7,9,11,13H,8,10,12H2,1-2H3. The van der Waals surface area contributed by atoms with Crippen molar-refractivity contribution in [1.29, 1.82) is 0 Å². The van der Waals surface area contributed by atoms with E-state index in [4.69, 9.17) is 5.10 Å². The summed E-state index contributed by atoms with van der Waals surface area (Å²) < 4.78 is 5.55. The third kappa shape index (κ3) is 2.82. The Morgan fingerprint density at radius 2 is 1.97 bits per heavy atom. The van der Waals surface area contributed by atoms with Gasteiger partial charge in [0.15, 0.2) is 11.6 Å². The molecule has 0 saturated carbocycles. The third-order valence-electron chi connectivity index (χ3n) is 5.34. The quantitative estimate of drug-likeness (QED) is 0.532. The Morgan fingerprint density at radius 1 is 1.14 bits per heavy atom. The van der Waals surface area contributed by atoms with Gasteiger partial charge in [-0.2, -0.15) is 5.10 Å². The van der Waals surface area contributed by atoms with Crippen molar-refractivity contribution in [3.05, 3.63) is 66.1 Å². The molecule has 4 aromatic rings. The second-order valence-corrected chi connectivity index (χ2v) is 7.10. The minimum atomic E-state index is -0.0810. The summed E-state index contributed by atoms with van der Waals surface area (Å²) in [6.07, 6.45) is 5.83. The second kappa shape index (κ2) is 6.69. The number of carbonyl (C=O) groups is 1. The van der Waals surface area contributed by atoms with Crippen LogP contribution in [-0.4, -0.2) is 51.4 Å². The predicted molar refractivity (Wildman–Crippen MR) is 105 cm³/mol. The molecule has 4 heterocycles. The Kier molecular flexibility index (Phi) is 4.01. The lowest BCUT2D eigenvalue weighted by Crippen LogP contribution is -2.37. The van der Waals surface area contributed by atoms with Crippen LogP contribution in [0.4, 0.5) is 0 Å². The number of imidazole rings is 1. The molecular weight excluding hydrogens is 368 g/mol. The maximum absolute atomic E-state index is 13.0.